The zero-order chi connectivity index (χ0) is 19.0. The molecule has 2 aliphatic rings. The second kappa shape index (κ2) is 7.03. The largest absolute Gasteiger partial charge is 0.292 e. The SMILES string of the molecule is O=[N+]([O-])c1ccc(S(=O)(=O)N2CCC(N3Cc4ccccc4C3)CC2)cc1. The van der Waals surface area contributed by atoms with Gasteiger partial charge in [0.15, 0.2) is 0 Å². The molecule has 0 aromatic heterocycles. The van der Waals surface area contributed by atoms with Crippen LogP contribution in [0.25, 0.3) is 0 Å². The van der Waals surface area contributed by atoms with Crippen molar-refractivity contribution in [1.82, 2.24) is 9.21 Å². The summed E-state index contributed by atoms with van der Waals surface area (Å²) in [5.74, 6) is 0. The summed E-state index contributed by atoms with van der Waals surface area (Å²) >= 11 is 0. The third-order valence-corrected chi connectivity index (χ3v) is 7.40. The van der Waals surface area contributed by atoms with Crippen LogP contribution in [0.15, 0.2) is 53.4 Å². The number of rotatable bonds is 4. The van der Waals surface area contributed by atoms with Crippen LogP contribution in [0.1, 0.15) is 24.0 Å². The maximum atomic E-state index is 12.8. The predicted octanol–water partition coefficient (Wildman–Crippen LogP) is 2.76. The van der Waals surface area contributed by atoms with Gasteiger partial charge in [0, 0.05) is 44.4 Å². The van der Waals surface area contributed by atoms with E-state index in [0.29, 0.717) is 19.1 Å². The number of nitro benzene ring substituents is 1. The molecule has 0 aliphatic carbocycles. The van der Waals surface area contributed by atoms with E-state index in [9.17, 15) is 18.5 Å². The van der Waals surface area contributed by atoms with Gasteiger partial charge in [-0.3, -0.25) is 15.0 Å². The Morgan fingerprint density at radius 3 is 2.00 bits per heavy atom. The molecule has 0 amide bonds. The number of nitrogens with zero attached hydrogens (tertiary/aromatic N) is 3. The number of nitro groups is 1. The van der Waals surface area contributed by atoms with Crippen molar-refractivity contribution in [1.29, 1.82) is 0 Å². The van der Waals surface area contributed by atoms with E-state index in [1.165, 1.54) is 39.7 Å². The summed E-state index contributed by atoms with van der Waals surface area (Å²) in [4.78, 5) is 12.8. The lowest BCUT2D eigenvalue weighted by atomic mass is 10.1. The number of hydrogen-bond acceptors (Lipinski definition) is 5. The summed E-state index contributed by atoms with van der Waals surface area (Å²) in [6, 6.07) is 13.9. The third kappa shape index (κ3) is 3.47. The van der Waals surface area contributed by atoms with Crippen LogP contribution in [0, 0.1) is 10.1 Å². The van der Waals surface area contributed by atoms with Crippen LogP contribution in [0.2, 0.25) is 0 Å². The van der Waals surface area contributed by atoms with Crippen molar-refractivity contribution < 1.29 is 13.3 Å². The molecule has 27 heavy (non-hydrogen) atoms. The highest BCUT2D eigenvalue weighted by molar-refractivity contribution is 7.89. The fourth-order valence-corrected chi connectivity index (χ4v) is 5.42. The minimum atomic E-state index is -3.61. The van der Waals surface area contributed by atoms with E-state index in [0.717, 1.165) is 25.9 Å². The second-order valence-corrected chi connectivity index (χ2v) is 9.00. The van der Waals surface area contributed by atoms with Crippen LogP contribution in [0.4, 0.5) is 5.69 Å². The van der Waals surface area contributed by atoms with Crippen molar-refractivity contribution in [3.63, 3.8) is 0 Å². The van der Waals surface area contributed by atoms with E-state index in [2.05, 4.69) is 29.2 Å². The van der Waals surface area contributed by atoms with Gasteiger partial charge in [0.05, 0.1) is 9.82 Å². The molecule has 0 unspecified atom stereocenters. The first kappa shape index (κ1) is 18.1. The third-order valence-electron chi connectivity index (χ3n) is 5.49. The van der Waals surface area contributed by atoms with Crippen LogP contribution >= 0.6 is 0 Å². The molecule has 1 saturated heterocycles. The zero-order valence-electron chi connectivity index (χ0n) is 14.8. The smallest absolute Gasteiger partial charge is 0.269 e. The lowest BCUT2D eigenvalue weighted by molar-refractivity contribution is -0.384. The number of non-ortho nitro benzene ring substituents is 1. The first-order valence-corrected chi connectivity index (χ1v) is 10.4. The van der Waals surface area contributed by atoms with E-state index < -0.39 is 14.9 Å². The molecular formula is C19H21N3O4S. The van der Waals surface area contributed by atoms with Crippen LogP contribution in [-0.4, -0.2) is 41.7 Å². The number of piperidine rings is 1. The van der Waals surface area contributed by atoms with Crippen molar-refractivity contribution in [2.45, 2.75) is 36.9 Å². The van der Waals surface area contributed by atoms with Gasteiger partial charge in [-0.05, 0) is 36.1 Å². The van der Waals surface area contributed by atoms with E-state index in [1.54, 1.807) is 0 Å². The Kier molecular flexibility index (Phi) is 4.71. The van der Waals surface area contributed by atoms with Gasteiger partial charge in [-0.15, -0.1) is 0 Å². The van der Waals surface area contributed by atoms with E-state index in [1.807, 2.05) is 0 Å². The minimum absolute atomic E-state index is 0.110. The molecule has 0 radical (unpaired) electrons. The van der Waals surface area contributed by atoms with Crippen molar-refractivity contribution in [3.8, 4) is 0 Å². The zero-order valence-corrected chi connectivity index (χ0v) is 15.6. The van der Waals surface area contributed by atoms with Gasteiger partial charge >= 0.3 is 0 Å². The van der Waals surface area contributed by atoms with Gasteiger partial charge in [-0.25, -0.2) is 8.42 Å². The van der Waals surface area contributed by atoms with Gasteiger partial charge in [-0.2, -0.15) is 4.31 Å². The molecule has 7 nitrogen and oxygen atoms in total. The number of benzene rings is 2. The molecule has 8 heteroatoms. The average molecular weight is 387 g/mol. The molecule has 2 aromatic carbocycles. The molecule has 0 atom stereocenters. The maximum absolute atomic E-state index is 12.8. The fraction of sp³-hybridized carbons (Fsp3) is 0.368. The van der Waals surface area contributed by atoms with Crippen molar-refractivity contribution >= 4 is 15.7 Å². The number of fused-ring (bicyclic) bond motifs is 1. The second-order valence-electron chi connectivity index (χ2n) is 7.06. The Morgan fingerprint density at radius 2 is 1.48 bits per heavy atom. The normalized spacial score (nSPS) is 19.1. The summed E-state index contributed by atoms with van der Waals surface area (Å²) in [5.41, 5.74) is 2.61. The lowest BCUT2D eigenvalue weighted by Crippen LogP contribution is -2.45. The van der Waals surface area contributed by atoms with Crippen LogP contribution in [0.3, 0.4) is 0 Å². The van der Waals surface area contributed by atoms with E-state index >= 15 is 0 Å². The average Bonchev–Trinajstić information content (AvgIpc) is 3.12. The number of hydrogen-bond donors (Lipinski definition) is 0. The van der Waals surface area contributed by atoms with Crippen LogP contribution in [0.5, 0.6) is 0 Å². The first-order chi connectivity index (χ1) is 12.9. The van der Waals surface area contributed by atoms with Crippen LogP contribution < -0.4 is 0 Å². The monoisotopic (exact) mass is 387 g/mol. The minimum Gasteiger partial charge on any atom is -0.292 e. The molecular weight excluding hydrogens is 366 g/mol. The van der Waals surface area contributed by atoms with E-state index in [4.69, 9.17) is 0 Å². The summed E-state index contributed by atoms with van der Waals surface area (Å²) in [6.07, 6.45) is 1.58. The molecule has 4 rings (SSSR count). The van der Waals surface area contributed by atoms with Crippen molar-refractivity contribution in [2.75, 3.05) is 13.1 Å². The Bertz CT molecular complexity index is 926. The Hall–Kier alpha value is -2.29. The Morgan fingerprint density at radius 1 is 0.926 bits per heavy atom. The molecule has 1 fully saturated rings. The molecule has 2 heterocycles. The highest BCUT2D eigenvalue weighted by atomic mass is 32.2. The van der Waals surface area contributed by atoms with Gasteiger partial charge in [0.25, 0.3) is 5.69 Å². The first-order valence-electron chi connectivity index (χ1n) is 9.00. The standard InChI is InChI=1S/C19H21N3O4S/c23-22(24)18-5-7-19(8-6-18)27(25,26)21-11-9-17(10-12-21)20-13-15-3-1-2-4-16(15)14-20/h1-8,17H,9-14H2. The summed E-state index contributed by atoms with van der Waals surface area (Å²) in [6.45, 7) is 2.79. The summed E-state index contributed by atoms with van der Waals surface area (Å²) in [7, 11) is -3.61. The Balaban J connectivity index is 1.41. The molecule has 0 saturated carbocycles. The molecule has 0 spiro atoms. The van der Waals surface area contributed by atoms with Gasteiger partial charge in [0.2, 0.25) is 10.0 Å². The molecule has 2 aromatic rings. The van der Waals surface area contributed by atoms with Gasteiger partial charge in [0.1, 0.15) is 0 Å². The predicted molar refractivity (Wildman–Crippen MR) is 101 cm³/mol. The van der Waals surface area contributed by atoms with Crippen molar-refractivity contribution in [3.05, 3.63) is 69.8 Å². The Labute approximate surface area is 158 Å². The van der Waals surface area contributed by atoms with Gasteiger partial charge < -0.3 is 0 Å². The molecule has 0 bridgehead atoms. The number of sulfonamides is 1. The fourth-order valence-electron chi connectivity index (χ4n) is 3.95. The maximum Gasteiger partial charge on any atom is 0.269 e. The highest BCUT2D eigenvalue weighted by Gasteiger charge is 2.33. The van der Waals surface area contributed by atoms with Crippen molar-refractivity contribution in [2.24, 2.45) is 0 Å². The lowest BCUT2D eigenvalue weighted by Gasteiger charge is -2.36. The molecule has 2 aliphatic heterocycles. The molecule has 142 valence electrons. The summed E-state index contributed by atoms with van der Waals surface area (Å²) < 4.78 is 27.1. The molecule has 0 N–H and O–H groups in total. The topological polar surface area (TPSA) is 83.8 Å². The highest BCUT2D eigenvalue weighted by Crippen LogP contribution is 2.30. The van der Waals surface area contributed by atoms with Crippen LogP contribution in [-0.2, 0) is 23.1 Å². The van der Waals surface area contributed by atoms with E-state index in [-0.39, 0.29) is 10.6 Å². The summed E-state index contributed by atoms with van der Waals surface area (Å²) in [5, 5.41) is 10.7. The quantitative estimate of drug-likeness (QED) is 0.595. The van der Waals surface area contributed by atoms with Gasteiger partial charge in [-0.1, -0.05) is 24.3 Å².